The maximum Gasteiger partial charge on any atom is 0.227 e. The van der Waals surface area contributed by atoms with E-state index < -0.39 is 15.1 Å². The summed E-state index contributed by atoms with van der Waals surface area (Å²) in [5, 5.41) is -0.486. The van der Waals surface area contributed by atoms with Crippen LogP contribution in [0.1, 0.15) is 17.5 Å². The summed E-state index contributed by atoms with van der Waals surface area (Å²) in [4.78, 5) is 17.8. The van der Waals surface area contributed by atoms with E-state index in [4.69, 9.17) is 0 Å². The summed E-state index contributed by atoms with van der Waals surface area (Å²) >= 11 is 0. The number of aromatic nitrogens is 2. The van der Waals surface area contributed by atoms with Gasteiger partial charge in [-0.25, -0.2) is 13.4 Å². The normalized spacial score (nSPS) is 15.3. The van der Waals surface area contributed by atoms with Crippen molar-refractivity contribution in [2.45, 2.75) is 30.2 Å². The van der Waals surface area contributed by atoms with Crippen LogP contribution in [0.4, 0.5) is 0 Å². The molecule has 0 N–H and O–H groups in total. The highest BCUT2D eigenvalue weighted by Crippen LogP contribution is 2.23. The fourth-order valence-electron chi connectivity index (χ4n) is 2.90. The van der Waals surface area contributed by atoms with Gasteiger partial charge < -0.3 is 9.47 Å². The van der Waals surface area contributed by atoms with E-state index in [0.29, 0.717) is 12.8 Å². The number of aryl methyl sites for hydroxylation is 3. The molecule has 0 atom stereocenters. The minimum absolute atomic E-state index is 0.00421. The molecule has 1 saturated heterocycles. The summed E-state index contributed by atoms with van der Waals surface area (Å²) < 4.78 is 26.4. The number of hydrogen-bond acceptors (Lipinski definition) is 4. The van der Waals surface area contributed by atoms with Crippen LogP contribution < -0.4 is 0 Å². The Balaban J connectivity index is 1.56. The highest BCUT2D eigenvalue weighted by Gasteiger charge is 2.41. The number of amides is 1. The standard InChI is InChI=1S/C17H21N3O3S/c1-13-5-3-4-6-14(13)7-8-16(21)20-11-15(12-20)24(22,23)17-18-9-10-19(17)2/h3-6,9-10,15H,7-8,11-12H2,1-2H3. The van der Waals surface area contributed by atoms with Crippen molar-refractivity contribution in [3.63, 3.8) is 0 Å². The third-order valence-electron chi connectivity index (χ3n) is 4.54. The lowest BCUT2D eigenvalue weighted by molar-refractivity contribution is -0.134. The number of carbonyl (C=O) groups is 1. The number of carbonyl (C=O) groups excluding carboxylic acids is 1. The van der Waals surface area contributed by atoms with E-state index in [1.807, 2.05) is 31.2 Å². The quantitative estimate of drug-likeness (QED) is 0.818. The maximum atomic E-state index is 12.5. The molecule has 1 aliphatic rings. The van der Waals surface area contributed by atoms with Gasteiger partial charge in [0, 0.05) is 39.0 Å². The third kappa shape index (κ3) is 3.08. The van der Waals surface area contributed by atoms with Crippen LogP contribution in [0, 0.1) is 6.92 Å². The Bertz CT molecular complexity index is 851. The van der Waals surface area contributed by atoms with E-state index in [2.05, 4.69) is 4.98 Å². The molecule has 24 heavy (non-hydrogen) atoms. The summed E-state index contributed by atoms with van der Waals surface area (Å²) in [5.74, 6) is 0.00421. The summed E-state index contributed by atoms with van der Waals surface area (Å²) in [6, 6.07) is 7.99. The van der Waals surface area contributed by atoms with Gasteiger partial charge in [-0.05, 0) is 24.5 Å². The molecule has 1 fully saturated rings. The zero-order valence-corrected chi connectivity index (χ0v) is 14.7. The van der Waals surface area contributed by atoms with Crippen molar-refractivity contribution in [2.24, 2.45) is 7.05 Å². The largest absolute Gasteiger partial charge is 0.340 e. The average molecular weight is 347 g/mol. The van der Waals surface area contributed by atoms with Crippen molar-refractivity contribution in [3.8, 4) is 0 Å². The topological polar surface area (TPSA) is 72.3 Å². The van der Waals surface area contributed by atoms with E-state index >= 15 is 0 Å². The highest BCUT2D eigenvalue weighted by molar-refractivity contribution is 7.92. The lowest BCUT2D eigenvalue weighted by Crippen LogP contribution is -2.57. The smallest absolute Gasteiger partial charge is 0.227 e. The van der Waals surface area contributed by atoms with Crippen LogP contribution >= 0.6 is 0 Å². The molecule has 1 amide bonds. The number of nitrogens with zero attached hydrogens (tertiary/aromatic N) is 3. The molecule has 0 spiro atoms. The third-order valence-corrected chi connectivity index (χ3v) is 6.62. The Hall–Kier alpha value is -2.15. The van der Waals surface area contributed by atoms with Crippen molar-refractivity contribution in [1.29, 1.82) is 0 Å². The Labute approximate surface area is 142 Å². The molecule has 1 aromatic carbocycles. The maximum absolute atomic E-state index is 12.5. The van der Waals surface area contributed by atoms with Gasteiger partial charge in [0.2, 0.25) is 20.9 Å². The summed E-state index contributed by atoms with van der Waals surface area (Å²) in [6.07, 6.45) is 4.16. The summed E-state index contributed by atoms with van der Waals surface area (Å²) in [5.41, 5.74) is 2.33. The second-order valence-electron chi connectivity index (χ2n) is 6.21. The Kier molecular flexibility index (Phi) is 4.45. The number of hydrogen-bond donors (Lipinski definition) is 0. The second-order valence-corrected chi connectivity index (χ2v) is 8.33. The minimum atomic E-state index is -3.47. The number of imidazole rings is 1. The summed E-state index contributed by atoms with van der Waals surface area (Å²) in [6.45, 7) is 2.53. The van der Waals surface area contributed by atoms with Gasteiger partial charge >= 0.3 is 0 Å². The lowest BCUT2D eigenvalue weighted by Gasteiger charge is -2.38. The molecular formula is C17H21N3O3S. The molecule has 0 bridgehead atoms. The van der Waals surface area contributed by atoms with Crippen LogP contribution in [0.3, 0.4) is 0 Å². The molecular weight excluding hydrogens is 326 g/mol. The van der Waals surface area contributed by atoms with Crippen LogP contribution in [-0.4, -0.2) is 47.1 Å². The predicted molar refractivity (Wildman–Crippen MR) is 90.3 cm³/mol. The lowest BCUT2D eigenvalue weighted by atomic mass is 10.0. The molecule has 1 aliphatic heterocycles. The van der Waals surface area contributed by atoms with Gasteiger partial charge in [-0.15, -0.1) is 0 Å². The molecule has 0 unspecified atom stereocenters. The van der Waals surface area contributed by atoms with Gasteiger partial charge in [0.25, 0.3) is 0 Å². The fraction of sp³-hybridized carbons (Fsp3) is 0.412. The van der Waals surface area contributed by atoms with Crippen LogP contribution in [-0.2, 0) is 28.1 Å². The Morgan fingerprint density at radius 3 is 2.62 bits per heavy atom. The van der Waals surface area contributed by atoms with Gasteiger partial charge in [0.15, 0.2) is 0 Å². The molecule has 2 aromatic rings. The predicted octanol–water partition coefficient (Wildman–Crippen LogP) is 1.35. The Morgan fingerprint density at radius 1 is 1.29 bits per heavy atom. The molecule has 3 rings (SSSR count). The van der Waals surface area contributed by atoms with Crippen molar-refractivity contribution < 1.29 is 13.2 Å². The molecule has 7 heteroatoms. The van der Waals surface area contributed by atoms with Gasteiger partial charge in [-0.2, -0.15) is 0 Å². The first kappa shape index (κ1) is 16.7. The number of sulfone groups is 1. The van der Waals surface area contributed by atoms with Crippen LogP contribution in [0.15, 0.2) is 41.8 Å². The number of benzene rings is 1. The van der Waals surface area contributed by atoms with Crippen molar-refractivity contribution in [2.75, 3.05) is 13.1 Å². The van der Waals surface area contributed by atoms with E-state index in [9.17, 15) is 13.2 Å². The zero-order chi connectivity index (χ0) is 17.3. The average Bonchev–Trinajstić information content (AvgIpc) is 2.91. The van der Waals surface area contributed by atoms with Gasteiger partial charge in [0.1, 0.15) is 5.25 Å². The first-order valence-electron chi connectivity index (χ1n) is 7.93. The van der Waals surface area contributed by atoms with Gasteiger partial charge in [-0.3, -0.25) is 4.79 Å². The monoisotopic (exact) mass is 347 g/mol. The van der Waals surface area contributed by atoms with E-state index in [0.717, 1.165) is 5.56 Å². The first-order chi connectivity index (χ1) is 11.4. The van der Waals surface area contributed by atoms with E-state index in [1.165, 1.54) is 16.3 Å². The van der Waals surface area contributed by atoms with Crippen LogP contribution in [0.25, 0.3) is 0 Å². The van der Waals surface area contributed by atoms with Crippen LogP contribution in [0.2, 0.25) is 0 Å². The van der Waals surface area contributed by atoms with Crippen molar-refractivity contribution in [1.82, 2.24) is 14.5 Å². The van der Waals surface area contributed by atoms with Crippen molar-refractivity contribution >= 4 is 15.7 Å². The molecule has 0 radical (unpaired) electrons. The molecule has 128 valence electrons. The molecule has 6 nitrogen and oxygen atoms in total. The van der Waals surface area contributed by atoms with E-state index in [-0.39, 0.29) is 24.2 Å². The number of likely N-dealkylation sites (tertiary alicyclic amines) is 1. The minimum Gasteiger partial charge on any atom is -0.340 e. The second kappa shape index (κ2) is 6.39. The SMILES string of the molecule is Cc1ccccc1CCC(=O)N1CC(S(=O)(=O)c2nccn2C)C1. The molecule has 0 aliphatic carbocycles. The molecule has 1 aromatic heterocycles. The first-order valence-corrected chi connectivity index (χ1v) is 9.47. The van der Waals surface area contributed by atoms with Gasteiger partial charge in [0.05, 0.1) is 0 Å². The van der Waals surface area contributed by atoms with Crippen LogP contribution in [0.5, 0.6) is 0 Å². The van der Waals surface area contributed by atoms with E-state index in [1.54, 1.807) is 18.1 Å². The molecule has 0 saturated carbocycles. The summed E-state index contributed by atoms with van der Waals surface area (Å²) in [7, 11) is -1.82. The number of rotatable bonds is 5. The highest BCUT2D eigenvalue weighted by atomic mass is 32.2. The molecule has 2 heterocycles. The zero-order valence-electron chi connectivity index (χ0n) is 13.8. The van der Waals surface area contributed by atoms with Crippen molar-refractivity contribution in [3.05, 3.63) is 47.8 Å². The fourth-order valence-corrected chi connectivity index (χ4v) is 4.62. The Morgan fingerprint density at radius 2 is 2.00 bits per heavy atom. The van der Waals surface area contributed by atoms with Gasteiger partial charge in [-0.1, -0.05) is 24.3 Å².